The molecule has 0 atom stereocenters. The molecule has 3 rings (SSSR count). The van der Waals surface area contributed by atoms with E-state index in [1.165, 1.54) is 30.0 Å². The topological polar surface area (TPSA) is 80.8 Å². The normalized spacial score (nSPS) is 15.7. The number of amides is 2. The minimum Gasteiger partial charge on any atom is -0.266 e. The molecule has 0 N–H and O–H groups in total. The third-order valence-corrected chi connectivity index (χ3v) is 6.67. The van der Waals surface area contributed by atoms with E-state index in [-0.39, 0.29) is 16.2 Å². The summed E-state index contributed by atoms with van der Waals surface area (Å²) in [6.07, 6.45) is -1.00. The number of imide groups is 1. The van der Waals surface area contributed by atoms with Crippen molar-refractivity contribution in [3.05, 3.63) is 93.7 Å². The van der Waals surface area contributed by atoms with E-state index in [1.54, 1.807) is 0 Å². The molecule has 1 aliphatic heterocycles. The van der Waals surface area contributed by atoms with Crippen LogP contribution in [0.5, 0.6) is 0 Å². The maximum Gasteiger partial charge on any atom is 0.323 e. The zero-order chi connectivity index (χ0) is 26.1. The summed E-state index contributed by atoms with van der Waals surface area (Å²) in [7, 11) is -5.73. The molecule has 0 unspecified atom stereocenters. The number of fused-ring (bicyclic) bond motifs is 1. The van der Waals surface area contributed by atoms with Gasteiger partial charge < -0.3 is 0 Å². The molecule has 0 saturated carbocycles. The van der Waals surface area contributed by atoms with Crippen molar-refractivity contribution in [1.82, 2.24) is 5.06 Å². The molecule has 184 valence electrons. The summed E-state index contributed by atoms with van der Waals surface area (Å²) < 4.78 is 95.9. The highest BCUT2D eigenvalue weighted by atomic mass is 32.2. The number of carbonyl (C=O) groups is 2. The summed E-state index contributed by atoms with van der Waals surface area (Å²) in [5.41, 5.74) is 0.482. The van der Waals surface area contributed by atoms with Gasteiger partial charge in [-0.3, -0.25) is 9.59 Å². The van der Waals surface area contributed by atoms with Gasteiger partial charge in [0.15, 0.2) is 22.4 Å². The Morgan fingerprint density at radius 2 is 1.46 bits per heavy atom. The van der Waals surface area contributed by atoms with Gasteiger partial charge >= 0.3 is 10.1 Å². The van der Waals surface area contributed by atoms with Crippen LogP contribution in [0.3, 0.4) is 0 Å². The fourth-order valence-electron chi connectivity index (χ4n) is 2.78. The molecule has 1 aliphatic rings. The van der Waals surface area contributed by atoms with E-state index in [9.17, 15) is 40.0 Å². The number of rotatable bonds is 7. The monoisotopic (exact) mass is 531 g/mol. The number of hydroxylamine groups is 2. The van der Waals surface area contributed by atoms with Crippen LogP contribution in [0, 0.1) is 6.92 Å². The molecule has 6 nitrogen and oxygen atoms in total. The highest BCUT2D eigenvalue weighted by molar-refractivity contribution is 7.99. The minimum atomic E-state index is -5.73. The zero-order valence-electron chi connectivity index (χ0n) is 17.8. The van der Waals surface area contributed by atoms with Crippen molar-refractivity contribution in [2.75, 3.05) is 0 Å². The SMILES string of the molecule is C\C(F)=C(F)/C(F)=C(F)\C(=C\F)S(=O)(=O)ON1C(=O)c2ccc(Sc3ccc(C)cc3)cc2C1=O. The van der Waals surface area contributed by atoms with Gasteiger partial charge in [-0.15, -0.1) is 9.35 Å². The van der Waals surface area contributed by atoms with Crippen molar-refractivity contribution in [3.8, 4) is 0 Å². The lowest BCUT2D eigenvalue weighted by Crippen LogP contribution is -2.33. The molecule has 2 aromatic rings. The Morgan fingerprint density at radius 1 is 0.886 bits per heavy atom. The van der Waals surface area contributed by atoms with E-state index >= 15 is 0 Å². The van der Waals surface area contributed by atoms with Crippen molar-refractivity contribution in [3.63, 3.8) is 0 Å². The molecule has 0 saturated heterocycles. The summed E-state index contributed by atoms with van der Waals surface area (Å²) in [5, 5.41) is -0.290. The number of hydrogen-bond donors (Lipinski definition) is 0. The van der Waals surface area contributed by atoms with Crippen LogP contribution in [-0.2, 0) is 14.4 Å². The lowest BCUT2D eigenvalue weighted by Gasteiger charge is -2.13. The van der Waals surface area contributed by atoms with E-state index < -0.39 is 56.5 Å². The lowest BCUT2D eigenvalue weighted by molar-refractivity contribution is -0.00967. The largest absolute Gasteiger partial charge is 0.323 e. The van der Waals surface area contributed by atoms with Crippen LogP contribution >= 0.6 is 11.8 Å². The average Bonchev–Trinajstić information content (AvgIpc) is 3.03. The zero-order valence-corrected chi connectivity index (χ0v) is 19.4. The number of hydrogen-bond acceptors (Lipinski definition) is 6. The predicted octanol–water partition coefficient (Wildman–Crippen LogP) is 6.14. The minimum absolute atomic E-state index is 0.266. The van der Waals surface area contributed by atoms with Gasteiger partial charge in [0.2, 0.25) is 0 Å². The molecular formula is C22H14F5NO5S2. The smallest absolute Gasteiger partial charge is 0.266 e. The Morgan fingerprint density at radius 3 is 2.03 bits per heavy atom. The van der Waals surface area contributed by atoms with Crippen LogP contribution in [-0.4, -0.2) is 25.3 Å². The Labute approximate surface area is 200 Å². The van der Waals surface area contributed by atoms with Gasteiger partial charge in [0.05, 0.1) is 11.1 Å². The second-order valence-electron chi connectivity index (χ2n) is 7.00. The number of nitrogens with zero attached hydrogens (tertiary/aromatic N) is 1. The van der Waals surface area contributed by atoms with Crippen molar-refractivity contribution < 1.29 is 44.2 Å². The van der Waals surface area contributed by atoms with Gasteiger partial charge in [-0.25, -0.2) is 22.0 Å². The number of allylic oxidation sites excluding steroid dienone is 4. The summed E-state index contributed by atoms with van der Waals surface area (Å²) in [6.45, 7) is 2.29. The molecule has 35 heavy (non-hydrogen) atoms. The number of aryl methyl sites for hydroxylation is 1. The molecule has 0 aromatic heterocycles. The van der Waals surface area contributed by atoms with Gasteiger partial charge in [0.25, 0.3) is 11.8 Å². The molecule has 0 aliphatic carbocycles. The maximum atomic E-state index is 14.1. The number of carbonyl (C=O) groups excluding carboxylic acids is 2. The highest BCUT2D eigenvalue weighted by Crippen LogP contribution is 2.35. The second kappa shape index (κ2) is 10.1. The van der Waals surface area contributed by atoms with E-state index in [2.05, 4.69) is 4.28 Å². The summed E-state index contributed by atoms with van der Waals surface area (Å²) in [5.74, 6) is -12.2. The Kier molecular flexibility index (Phi) is 7.62. The first kappa shape index (κ1) is 26.3. The average molecular weight is 531 g/mol. The first-order valence-corrected chi connectivity index (χ1v) is 11.7. The van der Waals surface area contributed by atoms with Crippen LogP contribution in [0.4, 0.5) is 22.0 Å². The van der Waals surface area contributed by atoms with Gasteiger partial charge in [0.1, 0.15) is 12.2 Å². The third kappa shape index (κ3) is 5.36. The number of benzene rings is 2. The van der Waals surface area contributed by atoms with Crippen LogP contribution in [0.25, 0.3) is 0 Å². The Balaban J connectivity index is 1.89. The molecule has 1 heterocycles. The van der Waals surface area contributed by atoms with Crippen LogP contribution in [0.1, 0.15) is 33.2 Å². The van der Waals surface area contributed by atoms with E-state index in [0.29, 0.717) is 11.8 Å². The molecule has 13 heteroatoms. The molecule has 2 amide bonds. The molecular weight excluding hydrogens is 517 g/mol. The van der Waals surface area contributed by atoms with Crippen molar-refractivity contribution >= 4 is 33.7 Å². The van der Waals surface area contributed by atoms with Gasteiger partial charge in [0, 0.05) is 9.79 Å². The Hall–Kier alpha value is -3.29. The predicted molar refractivity (Wildman–Crippen MR) is 116 cm³/mol. The maximum absolute atomic E-state index is 14.1. The highest BCUT2D eigenvalue weighted by Gasteiger charge is 2.42. The summed E-state index contributed by atoms with van der Waals surface area (Å²) in [4.78, 5) is 24.2. The Bertz CT molecular complexity index is 1410. The molecule has 2 aromatic carbocycles. The molecule has 0 radical (unpaired) electrons. The third-order valence-electron chi connectivity index (χ3n) is 4.52. The van der Waals surface area contributed by atoms with Gasteiger partial charge in [-0.1, -0.05) is 29.5 Å². The van der Waals surface area contributed by atoms with E-state index in [0.717, 1.165) is 10.5 Å². The van der Waals surface area contributed by atoms with Crippen LogP contribution < -0.4 is 0 Å². The fourth-order valence-corrected chi connectivity index (χ4v) is 4.46. The molecule has 0 bridgehead atoms. The lowest BCUT2D eigenvalue weighted by atomic mass is 10.1. The summed E-state index contributed by atoms with van der Waals surface area (Å²) in [6, 6.07) is 11.3. The van der Waals surface area contributed by atoms with Gasteiger partial charge in [-0.05, 0) is 44.2 Å². The fraction of sp³-hybridized carbons (Fsp3) is 0.0909. The van der Waals surface area contributed by atoms with Crippen molar-refractivity contribution in [2.24, 2.45) is 0 Å². The second-order valence-corrected chi connectivity index (χ2v) is 9.65. The van der Waals surface area contributed by atoms with Crippen molar-refractivity contribution in [2.45, 2.75) is 23.6 Å². The van der Waals surface area contributed by atoms with Crippen LogP contribution in [0.15, 0.2) is 86.8 Å². The summed E-state index contributed by atoms with van der Waals surface area (Å²) >= 11 is 1.23. The standard InChI is InChI=1S/C22H14F5NO5S2/c1-11-3-5-13(6-4-11)34-14-7-8-15-16(9-14)22(30)28(21(15)29)33-35(31,32)17(10-23)19(26)20(27)18(25)12(2)24/h3-10H,1-2H3/b17-10-,18-12-,20-19-. The van der Waals surface area contributed by atoms with Crippen molar-refractivity contribution in [1.29, 1.82) is 0 Å². The van der Waals surface area contributed by atoms with E-state index in [1.807, 2.05) is 31.2 Å². The number of halogens is 5. The first-order valence-electron chi connectivity index (χ1n) is 9.47. The molecule has 0 fully saturated rings. The quantitative estimate of drug-likeness (QED) is 0.243. The van der Waals surface area contributed by atoms with Crippen LogP contribution in [0.2, 0.25) is 0 Å². The molecule has 0 spiro atoms. The van der Waals surface area contributed by atoms with E-state index in [4.69, 9.17) is 0 Å². The first-order chi connectivity index (χ1) is 16.4. The van der Waals surface area contributed by atoms with Gasteiger partial charge in [-0.2, -0.15) is 8.42 Å².